The van der Waals surface area contributed by atoms with Gasteiger partial charge in [0.1, 0.15) is 12.4 Å². The summed E-state index contributed by atoms with van der Waals surface area (Å²) in [6.45, 7) is 4.75. The molecule has 0 spiro atoms. The molecule has 1 nitrogen and oxygen atoms in total. The Morgan fingerprint density at radius 3 is 2.56 bits per heavy atom. The molecule has 0 unspecified atom stereocenters. The number of hydrogen-bond acceptors (Lipinski definition) is 1. The summed E-state index contributed by atoms with van der Waals surface area (Å²) in [6, 6.07) is 17.1. The Morgan fingerprint density at radius 1 is 1.06 bits per heavy atom. The van der Waals surface area contributed by atoms with E-state index >= 15 is 0 Å². The number of hydrogen-bond donors (Lipinski definition) is 0. The van der Waals surface area contributed by atoms with Gasteiger partial charge < -0.3 is 4.74 Å². The van der Waals surface area contributed by atoms with E-state index in [1.807, 2.05) is 24.3 Å². The molecule has 2 aromatic rings. The van der Waals surface area contributed by atoms with Crippen molar-refractivity contribution in [3.63, 3.8) is 0 Å². The van der Waals surface area contributed by atoms with E-state index in [1.165, 1.54) is 16.7 Å². The number of benzene rings is 2. The molecule has 0 aromatic heterocycles. The Hall–Kier alpha value is -1.76. The molecule has 1 heteroatoms. The molecule has 0 bridgehead atoms. The van der Waals surface area contributed by atoms with Crippen LogP contribution in [0.1, 0.15) is 16.7 Å². The van der Waals surface area contributed by atoms with Gasteiger partial charge in [0.05, 0.1) is 0 Å². The van der Waals surface area contributed by atoms with Crippen LogP contribution in [0.3, 0.4) is 0 Å². The summed E-state index contributed by atoms with van der Waals surface area (Å²) in [6.07, 6.45) is 0. The molecule has 0 heterocycles. The zero-order valence-corrected chi connectivity index (χ0v) is 9.66. The predicted octanol–water partition coefficient (Wildman–Crippen LogP) is 3.68. The largest absolute Gasteiger partial charge is 0.489 e. The van der Waals surface area contributed by atoms with Crippen LogP contribution in [-0.2, 0) is 6.61 Å². The van der Waals surface area contributed by atoms with Crippen molar-refractivity contribution in [2.75, 3.05) is 0 Å². The van der Waals surface area contributed by atoms with Crippen LogP contribution in [0.25, 0.3) is 0 Å². The summed E-state index contributed by atoms with van der Waals surface area (Å²) < 4.78 is 5.79. The third-order valence-corrected chi connectivity index (χ3v) is 2.53. The molecule has 81 valence electrons. The van der Waals surface area contributed by atoms with Crippen LogP contribution in [0.4, 0.5) is 0 Å². The lowest BCUT2D eigenvalue weighted by molar-refractivity contribution is 0.304. The third-order valence-electron chi connectivity index (χ3n) is 2.53. The third kappa shape index (κ3) is 2.63. The quantitative estimate of drug-likeness (QED) is 0.752. The number of ether oxygens (including phenoxy) is 1. The molecule has 0 aliphatic heterocycles. The van der Waals surface area contributed by atoms with E-state index in [4.69, 9.17) is 4.74 Å². The van der Waals surface area contributed by atoms with E-state index in [-0.39, 0.29) is 0 Å². The van der Waals surface area contributed by atoms with Crippen molar-refractivity contribution in [2.45, 2.75) is 20.5 Å². The van der Waals surface area contributed by atoms with Gasteiger partial charge in [0, 0.05) is 0 Å². The molecule has 0 aliphatic carbocycles. The van der Waals surface area contributed by atoms with E-state index in [2.05, 4.69) is 38.1 Å². The second-order valence-corrected chi connectivity index (χ2v) is 3.97. The Bertz CT molecular complexity index is 460. The van der Waals surface area contributed by atoms with Crippen molar-refractivity contribution < 1.29 is 4.74 Å². The first kappa shape index (κ1) is 10.7. The molecule has 0 amide bonds. The van der Waals surface area contributed by atoms with Gasteiger partial charge in [-0.2, -0.15) is 0 Å². The Kier molecular flexibility index (Phi) is 3.25. The van der Waals surface area contributed by atoms with E-state index in [0.717, 1.165) is 5.75 Å². The molecular formula is C15H15O. The highest BCUT2D eigenvalue weighted by molar-refractivity contribution is 5.36. The van der Waals surface area contributed by atoms with Crippen LogP contribution in [0.2, 0.25) is 0 Å². The highest BCUT2D eigenvalue weighted by atomic mass is 16.5. The topological polar surface area (TPSA) is 9.23 Å². The minimum Gasteiger partial charge on any atom is -0.489 e. The molecular weight excluding hydrogens is 196 g/mol. The van der Waals surface area contributed by atoms with Gasteiger partial charge in [0.2, 0.25) is 0 Å². The smallest absolute Gasteiger partial charge is 0.122 e. The van der Waals surface area contributed by atoms with Gasteiger partial charge in [-0.25, -0.2) is 0 Å². The van der Waals surface area contributed by atoms with Crippen molar-refractivity contribution in [2.24, 2.45) is 0 Å². The lowest BCUT2D eigenvalue weighted by atomic mass is 10.1. The summed E-state index contributed by atoms with van der Waals surface area (Å²) >= 11 is 0. The maximum atomic E-state index is 5.79. The number of rotatable bonds is 3. The zero-order valence-electron chi connectivity index (χ0n) is 9.66. The minimum atomic E-state index is 0.610. The number of aryl methyl sites for hydroxylation is 2. The second-order valence-electron chi connectivity index (χ2n) is 3.97. The standard InChI is InChI=1S/C15H15O/c1-12-8-9-13(2)15(10-12)16-11-14-6-4-3-5-7-14/h4-10H,11H2,1-2H3. The summed E-state index contributed by atoms with van der Waals surface area (Å²) in [5.41, 5.74) is 3.56. The SMILES string of the molecule is Cc1ccc(C)c(OCc2cc[c]cc2)c1. The van der Waals surface area contributed by atoms with Gasteiger partial charge in [0.15, 0.2) is 0 Å². The van der Waals surface area contributed by atoms with Crippen LogP contribution < -0.4 is 4.74 Å². The average molecular weight is 211 g/mol. The first-order valence-corrected chi connectivity index (χ1v) is 5.41. The molecule has 2 aromatic carbocycles. The maximum Gasteiger partial charge on any atom is 0.122 e. The lowest BCUT2D eigenvalue weighted by Crippen LogP contribution is -1.96. The van der Waals surface area contributed by atoms with Crippen molar-refractivity contribution in [3.05, 3.63) is 65.2 Å². The molecule has 0 fully saturated rings. The van der Waals surface area contributed by atoms with Gasteiger partial charge >= 0.3 is 0 Å². The van der Waals surface area contributed by atoms with Gasteiger partial charge in [0.25, 0.3) is 0 Å². The van der Waals surface area contributed by atoms with E-state index in [0.29, 0.717) is 6.61 Å². The van der Waals surface area contributed by atoms with Crippen LogP contribution in [0, 0.1) is 19.9 Å². The van der Waals surface area contributed by atoms with Gasteiger partial charge in [-0.15, -0.1) is 0 Å². The Balaban J connectivity index is 2.08. The van der Waals surface area contributed by atoms with Crippen molar-refractivity contribution in [3.8, 4) is 5.75 Å². The van der Waals surface area contributed by atoms with Crippen LogP contribution in [0.5, 0.6) is 5.75 Å². The normalized spacial score (nSPS) is 10.1. The summed E-state index contributed by atoms with van der Waals surface area (Å²) in [7, 11) is 0. The Morgan fingerprint density at radius 2 is 1.81 bits per heavy atom. The molecule has 0 saturated carbocycles. The molecule has 0 N–H and O–H groups in total. The summed E-state index contributed by atoms with van der Waals surface area (Å²) in [5.74, 6) is 0.966. The molecule has 16 heavy (non-hydrogen) atoms. The highest BCUT2D eigenvalue weighted by Crippen LogP contribution is 2.20. The van der Waals surface area contributed by atoms with Gasteiger partial charge in [-0.1, -0.05) is 36.4 Å². The molecule has 1 radical (unpaired) electrons. The molecule has 0 atom stereocenters. The first-order valence-electron chi connectivity index (χ1n) is 5.41. The second kappa shape index (κ2) is 4.84. The average Bonchev–Trinajstić information content (AvgIpc) is 2.32. The monoisotopic (exact) mass is 211 g/mol. The fourth-order valence-corrected chi connectivity index (χ4v) is 1.54. The predicted molar refractivity (Wildman–Crippen MR) is 65.5 cm³/mol. The minimum absolute atomic E-state index is 0.610. The summed E-state index contributed by atoms with van der Waals surface area (Å²) in [5, 5.41) is 0. The van der Waals surface area contributed by atoms with Crippen LogP contribution in [0.15, 0.2) is 42.5 Å². The van der Waals surface area contributed by atoms with Crippen LogP contribution >= 0.6 is 0 Å². The van der Waals surface area contributed by atoms with E-state index in [9.17, 15) is 0 Å². The van der Waals surface area contributed by atoms with E-state index in [1.54, 1.807) is 0 Å². The van der Waals surface area contributed by atoms with Crippen molar-refractivity contribution in [1.82, 2.24) is 0 Å². The highest BCUT2D eigenvalue weighted by Gasteiger charge is 2.00. The van der Waals surface area contributed by atoms with E-state index < -0.39 is 0 Å². The maximum absolute atomic E-state index is 5.79. The Labute approximate surface area is 96.7 Å². The molecule has 2 rings (SSSR count). The van der Waals surface area contributed by atoms with Crippen molar-refractivity contribution >= 4 is 0 Å². The van der Waals surface area contributed by atoms with Crippen molar-refractivity contribution in [1.29, 1.82) is 0 Å². The summed E-state index contributed by atoms with van der Waals surface area (Å²) in [4.78, 5) is 0. The van der Waals surface area contributed by atoms with Crippen LogP contribution in [-0.4, -0.2) is 0 Å². The van der Waals surface area contributed by atoms with Gasteiger partial charge in [-0.05, 0) is 42.7 Å². The van der Waals surface area contributed by atoms with Gasteiger partial charge in [-0.3, -0.25) is 0 Å². The fraction of sp³-hybridized carbons (Fsp3) is 0.200. The molecule has 0 saturated heterocycles. The zero-order chi connectivity index (χ0) is 11.4. The first-order chi connectivity index (χ1) is 7.75. The fourth-order valence-electron chi connectivity index (χ4n) is 1.54. The molecule has 0 aliphatic rings. The lowest BCUT2D eigenvalue weighted by Gasteiger charge is -2.09.